The predicted molar refractivity (Wildman–Crippen MR) is 97.2 cm³/mol. The second-order valence-corrected chi connectivity index (χ2v) is 6.54. The minimum absolute atomic E-state index is 0.0242. The van der Waals surface area contributed by atoms with Crippen LogP contribution >= 0.6 is 0 Å². The van der Waals surface area contributed by atoms with Crippen molar-refractivity contribution < 1.29 is 29.1 Å². The van der Waals surface area contributed by atoms with Crippen molar-refractivity contribution >= 4 is 35.0 Å². The number of aryl methyl sites for hydroxylation is 1. The summed E-state index contributed by atoms with van der Waals surface area (Å²) >= 11 is 0. The number of oxime groups is 1. The number of hydrogen-bond donors (Lipinski definition) is 1. The van der Waals surface area contributed by atoms with Crippen molar-refractivity contribution in [3.05, 3.63) is 65.2 Å². The second-order valence-electron chi connectivity index (χ2n) is 6.54. The number of amides is 2. The Morgan fingerprint density at radius 2 is 1.57 bits per heavy atom. The Balaban J connectivity index is 1.63. The lowest BCUT2D eigenvalue weighted by Gasteiger charge is -2.15. The van der Waals surface area contributed by atoms with E-state index in [0.717, 1.165) is 10.5 Å². The van der Waals surface area contributed by atoms with Crippen LogP contribution in [0.4, 0.5) is 5.69 Å². The molecule has 2 amide bonds. The molecule has 1 saturated heterocycles. The zero-order chi connectivity index (χ0) is 20.0. The Morgan fingerprint density at radius 3 is 2.18 bits per heavy atom. The molecule has 4 rings (SSSR count). The lowest BCUT2D eigenvalue weighted by atomic mass is 9.93. The fourth-order valence-electron chi connectivity index (χ4n) is 3.23. The van der Waals surface area contributed by atoms with Crippen molar-refractivity contribution in [1.29, 1.82) is 0 Å². The zero-order valence-corrected chi connectivity index (χ0v) is 14.7. The van der Waals surface area contributed by atoms with Crippen molar-refractivity contribution in [1.82, 2.24) is 0 Å². The Morgan fingerprint density at radius 1 is 0.964 bits per heavy atom. The molecule has 2 atom stereocenters. The molecule has 1 N–H and O–H groups in total. The summed E-state index contributed by atoms with van der Waals surface area (Å²) in [5.74, 6) is -4.00. The summed E-state index contributed by atoms with van der Waals surface area (Å²) in [6.45, 7) is 1.88. The highest BCUT2D eigenvalue weighted by Gasteiger charge is 2.57. The maximum absolute atomic E-state index is 12.9. The summed E-state index contributed by atoms with van der Waals surface area (Å²) in [4.78, 5) is 55.3. The van der Waals surface area contributed by atoms with Crippen LogP contribution in [0.2, 0.25) is 0 Å². The average molecular weight is 378 g/mol. The van der Waals surface area contributed by atoms with E-state index in [-0.39, 0.29) is 17.0 Å². The number of aromatic carboxylic acids is 1. The number of anilines is 1. The van der Waals surface area contributed by atoms with Crippen molar-refractivity contribution in [2.45, 2.75) is 13.0 Å². The van der Waals surface area contributed by atoms with Gasteiger partial charge in [0.2, 0.25) is 17.8 Å². The van der Waals surface area contributed by atoms with Crippen LogP contribution in [0.5, 0.6) is 0 Å². The van der Waals surface area contributed by atoms with Gasteiger partial charge < -0.3 is 9.94 Å². The van der Waals surface area contributed by atoms with E-state index in [1.54, 1.807) is 24.3 Å². The number of carbonyl (C=O) groups is 4. The quantitative estimate of drug-likeness (QED) is 0.641. The molecule has 0 radical (unpaired) electrons. The van der Waals surface area contributed by atoms with Gasteiger partial charge in [-0.15, -0.1) is 0 Å². The Kier molecular flexibility index (Phi) is 4.03. The van der Waals surface area contributed by atoms with Crippen molar-refractivity contribution in [2.24, 2.45) is 11.1 Å². The van der Waals surface area contributed by atoms with Crippen LogP contribution in [0, 0.1) is 12.8 Å². The van der Waals surface area contributed by atoms with Crippen LogP contribution < -0.4 is 4.90 Å². The van der Waals surface area contributed by atoms with Gasteiger partial charge in [0.25, 0.3) is 5.91 Å². The highest BCUT2D eigenvalue weighted by molar-refractivity contribution is 6.52. The molecule has 0 bridgehead atoms. The first-order valence-electron chi connectivity index (χ1n) is 8.44. The molecule has 2 aliphatic heterocycles. The van der Waals surface area contributed by atoms with Gasteiger partial charge in [-0.2, -0.15) is 0 Å². The maximum Gasteiger partial charge on any atom is 0.335 e. The van der Waals surface area contributed by atoms with Gasteiger partial charge in [-0.3, -0.25) is 14.4 Å². The van der Waals surface area contributed by atoms with Crippen LogP contribution in [0.1, 0.15) is 26.3 Å². The molecule has 140 valence electrons. The fourth-order valence-corrected chi connectivity index (χ4v) is 3.23. The standard InChI is InChI=1S/C20H14N2O6/c1-10-2-4-11(5-3-10)16(23)15-14-17(28-21-15)19(25)22(18(14)24)13-8-6-12(7-9-13)20(26)27/h2-9,14,17H,1H3,(H,26,27)/t14-,17+/m1/s1. The molecular formula is C20H14N2O6. The number of fused-ring (bicyclic) bond motifs is 1. The zero-order valence-electron chi connectivity index (χ0n) is 14.7. The number of carboxylic acids is 1. The first-order valence-corrected chi connectivity index (χ1v) is 8.44. The molecule has 0 aromatic heterocycles. The van der Waals surface area contributed by atoms with Crippen LogP contribution in [0.25, 0.3) is 0 Å². The summed E-state index contributed by atoms with van der Waals surface area (Å²) in [5.41, 5.74) is 1.44. The molecule has 1 fully saturated rings. The number of imide groups is 1. The second kappa shape index (κ2) is 6.41. The monoisotopic (exact) mass is 378 g/mol. The van der Waals surface area contributed by atoms with Gasteiger partial charge in [0, 0.05) is 5.56 Å². The molecular weight excluding hydrogens is 364 g/mol. The van der Waals surface area contributed by atoms with Crippen LogP contribution in [0.3, 0.4) is 0 Å². The number of benzene rings is 2. The number of hydrogen-bond acceptors (Lipinski definition) is 6. The number of Topliss-reactive ketones (excluding diaryl/α,β-unsaturated/α-hetero) is 1. The first-order chi connectivity index (χ1) is 13.4. The molecule has 0 spiro atoms. The van der Waals surface area contributed by atoms with Crippen molar-refractivity contribution in [2.75, 3.05) is 4.90 Å². The van der Waals surface area contributed by atoms with Crippen LogP contribution in [0.15, 0.2) is 53.7 Å². The number of carboxylic acid groups (broad SMARTS) is 1. The highest BCUT2D eigenvalue weighted by Crippen LogP contribution is 2.34. The molecule has 0 unspecified atom stereocenters. The first kappa shape index (κ1) is 17.6. The normalized spacial score (nSPS) is 20.6. The minimum Gasteiger partial charge on any atom is -0.478 e. The maximum atomic E-state index is 12.9. The summed E-state index contributed by atoms with van der Waals surface area (Å²) in [5, 5.41) is 12.7. The smallest absolute Gasteiger partial charge is 0.335 e. The van der Waals surface area contributed by atoms with E-state index >= 15 is 0 Å². The Labute approximate surface area is 159 Å². The van der Waals surface area contributed by atoms with Gasteiger partial charge in [-0.1, -0.05) is 35.0 Å². The van der Waals surface area contributed by atoms with Gasteiger partial charge >= 0.3 is 5.97 Å². The van der Waals surface area contributed by atoms with E-state index in [1.807, 2.05) is 6.92 Å². The highest BCUT2D eigenvalue weighted by atomic mass is 16.7. The lowest BCUT2D eigenvalue weighted by molar-refractivity contribution is -0.126. The van der Waals surface area contributed by atoms with E-state index in [2.05, 4.69) is 5.16 Å². The number of rotatable bonds is 4. The van der Waals surface area contributed by atoms with Gasteiger partial charge in [0.05, 0.1) is 11.3 Å². The van der Waals surface area contributed by atoms with E-state index in [1.165, 1.54) is 24.3 Å². The van der Waals surface area contributed by atoms with Gasteiger partial charge in [0.1, 0.15) is 11.6 Å². The van der Waals surface area contributed by atoms with Gasteiger partial charge in [0.15, 0.2) is 0 Å². The SMILES string of the molecule is Cc1ccc(C(=O)C2=NO[C@@H]3C(=O)N(c4ccc(C(=O)O)cc4)C(=O)[C@H]23)cc1. The van der Waals surface area contributed by atoms with Crippen molar-refractivity contribution in [3.8, 4) is 0 Å². The van der Waals surface area contributed by atoms with Crippen LogP contribution in [-0.4, -0.2) is 40.5 Å². The van der Waals surface area contributed by atoms with Gasteiger partial charge in [-0.25, -0.2) is 9.69 Å². The summed E-state index contributed by atoms with van der Waals surface area (Å²) < 4.78 is 0. The lowest BCUT2D eigenvalue weighted by Crippen LogP contribution is -2.34. The Hall–Kier alpha value is -3.81. The molecule has 2 aromatic carbocycles. The van der Waals surface area contributed by atoms with E-state index in [0.29, 0.717) is 5.56 Å². The molecule has 2 heterocycles. The van der Waals surface area contributed by atoms with E-state index in [4.69, 9.17) is 9.94 Å². The number of ketones is 1. The molecule has 2 aliphatic rings. The average Bonchev–Trinajstić information content (AvgIpc) is 3.22. The molecule has 8 nitrogen and oxygen atoms in total. The topological polar surface area (TPSA) is 113 Å². The third-order valence-electron chi connectivity index (χ3n) is 4.73. The summed E-state index contributed by atoms with van der Waals surface area (Å²) in [6, 6.07) is 12.1. The molecule has 2 aromatic rings. The molecule has 8 heteroatoms. The van der Waals surface area contributed by atoms with Crippen molar-refractivity contribution in [3.63, 3.8) is 0 Å². The summed E-state index contributed by atoms with van der Waals surface area (Å²) in [6.07, 6.45) is -1.20. The molecule has 28 heavy (non-hydrogen) atoms. The minimum atomic E-state index is -1.20. The predicted octanol–water partition coefficient (Wildman–Crippen LogP) is 1.82. The third kappa shape index (κ3) is 2.66. The van der Waals surface area contributed by atoms with E-state index < -0.39 is 35.6 Å². The molecule has 0 aliphatic carbocycles. The fraction of sp³-hybridized carbons (Fsp3) is 0.150. The third-order valence-corrected chi connectivity index (χ3v) is 4.73. The largest absolute Gasteiger partial charge is 0.478 e. The summed E-state index contributed by atoms with van der Waals surface area (Å²) in [7, 11) is 0. The Bertz CT molecular complexity index is 1040. The number of carbonyl (C=O) groups excluding carboxylic acids is 3. The molecule has 0 saturated carbocycles. The number of nitrogens with zero attached hydrogens (tertiary/aromatic N) is 2. The van der Waals surface area contributed by atoms with E-state index in [9.17, 15) is 19.2 Å². The van der Waals surface area contributed by atoms with Crippen LogP contribution in [-0.2, 0) is 14.4 Å². The van der Waals surface area contributed by atoms with Gasteiger partial charge in [-0.05, 0) is 31.2 Å².